The highest BCUT2D eigenvalue weighted by Gasteiger charge is 2.21. The SMILES string of the molecule is COCCNC(=O)c1ccccc1NC(=O)c1ccc(Cl)c(S(=O)(=O)Nc2ccccc2)c1. The smallest absolute Gasteiger partial charge is 0.263 e. The summed E-state index contributed by atoms with van der Waals surface area (Å²) in [4.78, 5) is 25.1. The van der Waals surface area contributed by atoms with Crippen molar-refractivity contribution < 1.29 is 22.7 Å². The summed E-state index contributed by atoms with van der Waals surface area (Å²) in [6.45, 7) is 0.656. The Morgan fingerprint density at radius 3 is 2.36 bits per heavy atom. The van der Waals surface area contributed by atoms with Crippen molar-refractivity contribution in [3.63, 3.8) is 0 Å². The van der Waals surface area contributed by atoms with Crippen molar-refractivity contribution in [2.75, 3.05) is 30.3 Å². The number of carbonyl (C=O) groups is 2. The van der Waals surface area contributed by atoms with Gasteiger partial charge in [-0.15, -0.1) is 0 Å². The van der Waals surface area contributed by atoms with E-state index in [1.807, 2.05) is 0 Å². The monoisotopic (exact) mass is 487 g/mol. The number of rotatable bonds is 9. The molecule has 3 N–H and O–H groups in total. The highest BCUT2D eigenvalue weighted by Crippen LogP contribution is 2.26. The molecular formula is C23H22ClN3O5S. The molecule has 0 aliphatic rings. The van der Waals surface area contributed by atoms with Gasteiger partial charge in [0.1, 0.15) is 4.90 Å². The van der Waals surface area contributed by atoms with Crippen LogP contribution in [0.2, 0.25) is 5.02 Å². The number of benzene rings is 3. The Balaban J connectivity index is 1.83. The van der Waals surface area contributed by atoms with Gasteiger partial charge in [-0.2, -0.15) is 0 Å². The van der Waals surface area contributed by atoms with Crippen molar-refractivity contribution in [1.82, 2.24) is 5.32 Å². The van der Waals surface area contributed by atoms with Gasteiger partial charge in [0.05, 0.1) is 22.9 Å². The zero-order chi connectivity index (χ0) is 23.8. The number of hydrogen-bond donors (Lipinski definition) is 3. The number of sulfonamides is 1. The first-order chi connectivity index (χ1) is 15.8. The van der Waals surface area contributed by atoms with Crippen LogP contribution in [-0.2, 0) is 14.8 Å². The van der Waals surface area contributed by atoms with E-state index in [1.165, 1.54) is 25.3 Å². The average molecular weight is 488 g/mol. The fraction of sp³-hybridized carbons (Fsp3) is 0.130. The maximum Gasteiger partial charge on any atom is 0.263 e. The first-order valence-electron chi connectivity index (χ1n) is 9.87. The van der Waals surface area contributed by atoms with E-state index in [-0.39, 0.29) is 32.6 Å². The molecule has 0 fully saturated rings. The Morgan fingerprint density at radius 1 is 0.939 bits per heavy atom. The third-order valence-electron chi connectivity index (χ3n) is 4.52. The molecule has 3 aromatic rings. The zero-order valence-electron chi connectivity index (χ0n) is 17.7. The second-order valence-corrected chi connectivity index (χ2v) is 8.92. The molecule has 8 nitrogen and oxygen atoms in total. The number of amides is 2. The molecule has 3 rings (SSSR count). The van der Waals surface area contributed by atoms with Crippen LogP contribution in [0.4, 0.5) is 11.4 Å². The molecule has 0 radical (unpaired) electrons. The fourth-order valence-electron chi connectivity index (χ4n) is 2.91. The van der Waals surface area contributed by atoms with Gasteiger partial charge in [-0.3, -0.25) is 14.3 Å². The third-order valence-corrected chi connectivity index (χ3v) is 6.38. The third kappa shape index (κ3) is 6.32. The van der Waals surface area contributed by atoms with E-state index in [2.05, 4.69) is 15.4 Å². The summed E-state index contributed by atoms with van der Waals surface area (Å²) in [7, 11) is -2.52. The van der Waals surface area contributed by atoms with Crippen LogP contribution >= 0.6 is 11.6 Å². The van der Waals surface area contributed by atoms with E-state index in [0.29, 0.717) is 18.8 Å². The first kappa shape index (κ1) is 24.2. The van der Waals surface area contributed by atoms with E-state index >= 15 is 0 Å². The van der Waals surface area contributed by atoms with Crippen LogP contribution in [0.5, 0.6) is 0 Å². The minimum Gasteiger partial charge on any atom is -0.383 e. The molecule has 10 heteroatoms. The molecule has 2 amide bonds. The maximum absolute atomic E-state index is 12.9. The van der Waals surface area contributed by atoms with Gasteiger partial charge in [0.2, 0.25) is 0 Å². The molecule has 0 saturated carbocycles. The molecule has 0 aliphatic carbocycles. The molecule has 0 aliphatic heterocycles. The van der Waals surface area contributed by atoms with E-state index in [0.717, 1.165) is 0 Å². The zero-order valence-corrected chi connectivity index (χ0v) is 19.2. The predicted molar refractivity (Wildman–Crippen MR) is 127 cm³/mol. The number of hydrogen-bond acceptors (Lipinski definition) is 5. The van der Waals surface area contributed by atoms with Gasteiger partial charge in [-0.25, -0.2) is 8.42 Å². The van der Waals surface area contributed by atoms with Crippen LogP contribution < -0.4 is 15.4 Å². The lowest BCUT2D eigenvalue weighted by atomic mass is 10.1. The van der Waals surface area contributed by atoms with E-state index in [1.54, 1.807) is 54.6 Å². The highest BCUT2D eigenvalue weighted by atomic mass is 35.5. The van der Waals surface area contributed by atoms with Crippen molar-refractivity contribution >= 4 is 44.8 Å². The van der Waals surface area contributed by atoms with Gasteiger partial charge in [0.25, 0.3) is 21.8 Å². The number of ether oxygens (including phenoxy) is 1. The van der Waals surface area contributed by atoms with E-state index in [9.17, 15) is 18.0 Å². The number of para-hydroxylation sites is 2. The summed E-state index contributed by atoms with van der Waals surface area (Å²) >= 11 is 6.13. The molecule has 0 atom stereocenters. The summed E-state index contributed by atoms with van der Waals surface area (Å²) < 4.78 is 33.0. The second-order valence-electron chi connectivity index (χ2n) is 6.87. The summed E-state index contributed by atoms with van der Waals surface area (Å²) in [5.41, 5.74) is 0.952. The Bertz CT molecular complexity index is 1250. The largest absolute Gasteiger partial charge is 0.383 e. The minimum atomic E-state index is -4.05. The summed E-state index contributed by atoms with van der Waals surface area (Å²) in [6, 6.07) is 18.7. The Labute approximate surface area is 197 Å². The Kier molecular flexibility index (Phi) is 8.05. The van der Waals surface area contributed by atoms with Crippen molar-refractivity contribution in [3.05, 3.63) is 88.9 Å². The highest BCUT2D eigenvalue weighted by molar-refractivity contribution is 7.92. The number of carbonyl (C=O) groups excluding carboxylic acids is 2. The van der Waals surface area contributed by atoms with Gasteiger partial charge in [0.15, 0.2) is 0 Å². The van der Waals surface area contributed by atoms with Crippen molar-refractivity contribution in [1.29, 1.82) is 0 Å². The van der Waals surface area contributed by atoms with Gasteiger partial charge in [-0.05, 0) is 42.5 Å². The normalized spacial score (nSPS) is 11.0. The standard InChI is InChI=1S/C23H22ClN3O5S/c1-32-14-13-25-23(29)18-9-5-6-10-20(18)26-22(28)16-11-12-19(24)21(15-16)33(30,31)27-17-7-3-2-4-8-17/h2-12,15,27H,13-14H2,1H3,(H,25,29)(H,26,28). The number of halogens is 1. The molecule has 0 spiro atoms. The Hall–Kier alpha value is -3.40. The van der Waals surface area contributed by atoms with Crippen LogP contribution in [0.15, 0.2) is 77.7 Å². The average Bonchev–Trinajstić information content (AvgIpc) is 2.80. The molecule has 0 aromatic heterocycles. The summed E-state index contributed by atoms with van der Waals surface area (Å²) in [6.07, 6.45) is 0. The molecule has 0 unspecified atom stereocenters. The fourth-order valence-corrected chi connectivity index (χ4v) is 4.50. The molecule has 0 heterocycles. The number of anilines is 2. The molecule has 3 aromatic carbocycles. The lowest BCUT2D eigenvalue weighted by Gasteiger charge is -2.13. The van der Waals surface area contributed by atoms with E-state index < -0.39 is 15.9 Å². The van der Waals surface area contributed by atoms with Crippen LogP contribution in [0.3, 0.4) is 0 Å². The van der Waals surface area contributed by atoms with Gasteiger partial charge in [0, 0.05) is 24.9 Å². The first-order valence-corrected chi connectivity index (χ1v) is 11.7. The summed E-state index contributed by atoms with van der Waals surface area (Å²) in [5, 5.41) is 5.31. The molecular weight excluding hydrogens is 466 g/mol. The molecule has 33 heavy (non-hydrogen) atoms. The van der Waals surface area contributed by atoms with Gasteiger partial charge >= 0.3 is 0 Å². The lowest BCUT2D eigenvalue weighted by molar-refractivity contribution is 0.0938. The lowest BCUT2D eigenvalue weighted by Crippen LogP contribution is -2.28. The van der Waals surface area contributed by atoms with Crippen LogP contribution in [0, 0.1) is 0 Å². The molecule has 0 bridgehead atoms. The molecule has 172 valence electrons. The Morgan fingerprint density at radius 2 is 1.64 bits per heavy atom. The maximum atomic E-state index is 12.9. The van der Waals surface area contributed by atoms with Gasteiger partial charge < -0.3 is 15.4 Å². The van der Waals surface area contributed by atoms with Crippen molar-refractivity contribution in [3.8, 4) is 0 Å². The van der Waals surface area contributed by atoms with Crippen molar-refractivity contribution in [2.24, 2.45) is 0 Å². The van der Waals surface area contributed by atoms with E-state index in [4.69, 9.17) is 16.3 Å². The van der Waals surface area contributed by atoms with Crippen LogP contribution in [-0.4, -0.2) is 40.5 Å². The topological polar surface area (TPSA) is 114 Å². The molecule has 0 saturated heterocycles. The predicted octanol–water partition coefficient (Wildman–Crippen LogP) is 3.77. The van der Waals surface area contributed by atoms with Crippen molar-refractivity contribution in [2.45, 2.75) is 4.90 Å². The van der Waals surface area contributed by atoms with Crippen LogP contribution in [0.25, 0.3) is 0 Å². The number of methoxy groups -OCH3 is 1. The minimum absolute atomic E-state index is 0.0343. The van der Waals surface area contributed by atoms with Gasteiger partial charge in [-0.1, -0.05) is 41.9 Å². The quantitative estimate of drug-likeness (QED) is 0.397. The number of nitrogens with one attached hydrogen (secondary N) is 3. The van der Waals surface area contributed by atoms with Crippen LogP contribution in [0.1, 0.15) is 20.7 Å². The summed E-state index contributed by atoms with van der Waals surface area (Å²) in [5.74, 6) is -0.977. The second kappa shape index (κ2) is 11.0.